The number of fused-ring (bicyclic) bond motifs is 3. The first-order chi connectivity index (χ1) is 15.2. The number of carbonyl (C=O) groups is 2. The third kappa shape index (κ3) is 4.78. The van der Waals surface area contributed by atoms with E-state index in [0.29, 0.717) is 16.6 Å². The second-order valence-corrected chi connectivity index (χ2v) is 15.4. The number of aromatic nitrogens is 1. The summed E-state index contributed by atoms with van der Waals surface area (Å²) < 4.78 is 35.2. The van der Waals surface area contributed by atoms with E-state index in [1.807, 2.05) is 13.1 Å². The number of amides is 2. The molecule has 1 aliphatic heterocycles. The highest BCUT2D eigenvalue weighted by Crippen LogP contribution is 2.46. The van der Waals surface area contributed by atoms with Crippen molar-refractivity contribution >= 4 is 59.9 Å². The van der Waals surface area contributed by atoms with Gasteiger partial charge in [0, 0.05) is 24.0 Å². The maximum atomic E-state index is 14.2. The minimum absolute atomic E-state index is 0.00586. The molecule has 0 bridgehead atoms. The predicted octanol–water partition coefficient (Wildman–Crippen LogP) is 6.08. The first-order valence-corrected chi connectivity index (χ1v) is 14.4. The van der Waals surface area contributed by atoms with Crippen molar-refractivity contribution in [1.29, 1.82) is 0 Å². The molecule has 1 atom stereocenters. The van der Waals surface area contributed by atoms with Crippen LogP contribution in [0.4, 0.5) is 14.5 Å². The maximum absolute atomic E-state index is 14.2. The average Bonchev–Trinajstić information content (AvgIpc) is 2.97. The van der Waals surface area contributed by atoms with Gasteiger partial charge in [-0.05, 0) is 36.7 Å². The lowest BCUT2D eigenvalue weighted by Gasteiger charge is -2.35. The van der Waals surface area contributed by atoms with Crippen molar-refractivity contribution in [3.8, 4) is 0 Å². The van der Waals surface area contributed by atoms with Gasteiger partial charge in [-0.2, -0.15) is 8.78 Å². The fraction of sp³-hybridized carbons (Fsp3) is 0.545. The number of hydrogen-bond donors (Lipinski definition) is 2. The molecule has 1 aromatic heterocycles. The Kier molecular flexibility index (Phi) is 7.20. The molecule has 0 radical (unpaired) electrons. The van der Waals surface area contributed by atoms with Gasteiger partial charge in [0.1, 0.15) is 6.61 Å². The van der Waals surface area contributed by atoms with Crippen LogP contribution in [0.3, 0.4) is 0 Å². The number of benzene rings is 1. The Balaban J connectivity index is 2.13. The fourth-order valence-corrected chi connectivity index (χ4v) is 5.16. The van der Waals surface area contributed by atoms with Gasteiger partial charge in [-0.3, -0.25) is 14.2 Å². The number of nitrogens with one attached hydrogen (secondary N) is 2. The first kappa shape index (κ1) is 25.9. The van der Waals surface area contributed by atoms with Crippen molar-refractivity contribution in [3.63, 3.8) is 0 Å². The summed E-state index contributed by atoms with van der Waals surface area (Å²) in [5, 5.41) is 5.68. The second-order valence-electron chi connectivity index (χ2n) is 9.81. The highest BCUT2D eigenvalue weighted by atomic mass is 35.5. The minimum atomic E-state index is -2.90. The summed E-state index contributed by atoms with van der Waals surface area (Å²) in [5.74, 6) is -1.45. The molecule has 1 aromatic carbocycles. The molecule has 0 fully saturated rings. The van der Waals surface area contributed by atoms with E-state index in [1.165, 1.54) is 6.07 Å². The zero-order valence-electron chi connectivity index (χ0n) is 19.5. The molecule has 0 aliphatic carbocycles. The zero-order valence-corrected chi connectivity index (χ0v) is 22.0. The molecule has 33 heavy (non-hydrogen) atoms. The summed E-state index contributed by atoms with van der Waals surface area (Å²) in [6.45, 7) is 9.01. The molecule has 3 rings (SSSR count). The van der Waals surface area contributed by atoms with E-state index in [1.54, 1.807) is 6.92 Å². The number of halogens is 4. The molecule has 2 amide bonds. The monoisotopic (exact) mass is 519 g/mol. The average molecular weight is 520 g/mol. The summed E-state index contributed by atoms with van der Waals surface area (Å²) in [6.07, 6.45) is 0.195. The first-order valence-electron chi connectivity index (χ1n) is 10.7. The van der Waals surface area contributed by atoms with Gasteiger partial charge in [0.2, 0.25) is 11.8 Å². The summed E-state index contributed by atoms with van der Waals surface area (Å²) in [4.78, 5) is 25.3. The normalized spacial score (nSPS) is 17.2. The smallest absolute Gasteiger partial charge is 0.319 e. The van der Waals surface area contributed by atoms with Gasteiger partial charge in [0.05, 0.1) is 27.2 Å². The van der Waals surface area contributed by atoms with Crippen LogP contribution in [-0.4, -0.2) is 37.9 Å². The standard InChI is InChI=1S/C22H29Cl2F2N3O3Si/c1-11-16-14(7-8-27-20(11)31)29(21(25)26)19-17(16)13(9-12(23)18(19)24)28-15(30)10-32-33(5,6)22(2,3)4/h9,11,21H,7-8,10H2,1-6H3,(H,27,31)(H,28,30). The lowest BCUT2D eigenvalue weighted by Crippen LogP contribution is -2.42. The van der Waals surface area contributed by atoms with Crippen molar-refractivity contribution in [2.45, 2.75) is 64.7 Å². The van der Waals surface area contributed by atoms with E-state index >= 15 is 0 Å². The SMILES string of the molecule is CC1C(=O)NCCc2c1c1c(NC(=O)CO[Si](C)(C)C(C)(C)C)cc(Cl)c(Cl)c1n2C(F)F. The second kappa shape index (κ2) is 9.17. The summed E-state index contributed by atoms with van der Waals surface area (Å²) in [5.41, 5.74) is 0.939. The Morgan fingerprint density at radius 1 is 1.36 bits per heavy atom. The lowest BCUT2D eigenvalue weighted by atomic mass is 9.96. The lowest BCUT2D eigenvalue weighted by molar-refractivity contribution is -0.122. The molecule has 0 saturated heterocycles. The number of hydrogen-bond acceptors (Lipinski definition) is 3. The molecule has 2 aromatic rings. The number of alkyl halides is 2. The molecule has 182 valence electrons. The van der Waals surface area contributed by atoms with Crippen LogP contribution in [0.2, 0.25) is 28.2 Å². The Morgan fingerprint density at radius 2 is 2.00 bits per heavy atom. The number of nitrogens with zero attached hydrogens (tertiary/aromatic N) is 1. The van der Waals surface area contributed by atoms with E-state index in [2.05, 4.69) is 31.4 Å². The van der Waals surface area contributed by atoms with Gasteiger partial charge in [-0.25, -0.2) is 0 Å². The number of carbonyl (C=O) groups excluding carboxylic acids is 2. The third-order valence-corrected chi connectivity index (χ3v) is 11.9. The molecular formula is C22H29Cl2F2N3O3Si. The van der Waals surface area contributed by atoms with E-state index in [0.717, 1.165) is 4.57 Å². The van der Waals surface area contributed by atoms with Gasteiger partial charge in [-0.15, -0.1) is 0 Å². The number of rotatable bonds is 5. The minimum Gasteiger partial charge on any atom is -0.408 e. The fourth-order valence-electron chi connectivity index (χ4n) is 3.79. The van der Waals surface area contributed by atoms with Crippen molar-refractivity contribution in [3.05, 3.63) is 27.4 Å². The van der Waals surface area contributed by atoms with Crippen molar-refractivity contribution in [2.75, 3.05) is 18.5 Å². The number of anilines is 1. The molecule has 2 heterocycles. The van der Waals surface area contributed by atoms with Crippen molar-refractivity contribution in [2.24, 2.45) is 0 Å². The Labute approximate surface area is 203 Å². The van der Waals surface area contributed by atoms with Gasteiger partial charge in [0.15, 0.2) is 8.32 Å². The van der Waals surface area contributed by atoms with Gasteiger partial charge >= 0.3 is 6.55 Å². The molecule has 6 nitrogen and oxygen atoms in total. The highest BCUT2D eigenvalue weighted by Gasteiger charge is 2.38. The Bertz CT molecular complexity index is 1110. The molecule has 2 N–H and O–H groups in total. The quantitative estimate of drug-likeness (QED) is 0.470. The summed E-state index contributed by atoms with van der Waals surface area (Å²) in [6, 6.07) is 1.43. The van der Waals surface area contributed by atoms with Crippen LogP contribution in [0.25, 0.3) is 10.9 Å². The van der Waals surface area contributed by atoms with Crippen molar-refractivity contribution in [1.82, 2.24) is 9.88 Å². The Morgan fingerprint density at radius 3 is 2.58 bits per heavy atom. The topological polar surface area (TPSA) is 72.4 Å². The van der Waals surface area contributed by atoms with Crippen LogP contribution >= 0.6 is 23.2 Å². The third-order valence-electron chi connectivity index (χ3n) is 6.63. The van der Waals surface area contributed by atoms with E-state index < -0.39 is 26.7 Å². The largest absolute Gasteiger partial charge is 0.408 e. The van der Waals surface area contributed by atoms with Crippen LogP contribution in [0.5, 0.6) is 0 Å². The van der Waals surface area contributed by atoms with Crippen LogP contribution in [0.1, 0.15) is 51.4 Å². The highest BCUT2D eigenvalue weighted by molar-refractivity contribution is 6.74. The van der Waals surface area contributed by atoms with Gasteiger partial charge < -0.3 is 15.1 Å². The van der Waals surface area contributed by atoms with Crippen molar-refractivity contribution < 1.29 is 22.8 Å². The maximum Gasteiger partial charge on any atom is 0.319 e. The Hall–Kier alpha value is -1.68. The van der Waals surface area contributed by atoms with E-state index in [9.17, 15) is 18.4 Å². The zero-order chi connectivity index (χ0) is 24.9. The molecule has 0 saturated carbocycles. The molecule has 0 spiro atoms. The van der Waals surface area contributed by atoms with Crippen LogP contribution < -0.4 is 10.6 Å². The van der Waals surface area contributed by atoms with Crippen LogP contribution in [0, 0.1) is 0 Å². The predicted molar refractivity (Wildman–Crippen MR) is 130 cm³/mol. The molecule has 1 unspecified atom stereocenters. The van der Waals surface area contributed by atoms with E-state index in [4.69, 9.17) is 27.6 Å². The molecule has 1 aliphatic rings. The molecular weight excluding hydrogens is 491 g/mol. The van der Waals surface area contributed by atoms with Gasteiger partial charge in [-0.1, -0.05) is 44.0 Å². The summed E-state index contributed by atoms with van der Waals surface area (Å²) in [7, 11) is -2.18. The van der Waals surface area contributed by atoms with Gasteiger partial charge in [0.25, 0.3) is 0 Å². The van der Waals surface area contributed by atoms with Crippen LogP contribution in [-0.2, 0) is 20.4 Å². The molecule has 11 heteroatoms. The van der Waals surface area contributed by atoms with Crippen LogP contribution in [0.15, 0.2) is 6.07 Å². The van der Waals surface area contributed by atoms with E-state index in [-0.39, 0.29) is 51.8 Å². The summed E-state index contributed by atoms with van der Waals surface area (Å²) >= 11 is 12.7.